The molecule has 1 N–H and O–H groups in total. The number of aryl methyl sites for hydroxylation is 1. The van der Waals surface area contributed by atoms with E-state index < -0.39 is 5.97 Å². The molecular formula is C11H14N4O2. The molecule has 0 radical (unpaired) electrons. The summed E-state index contributed by atoms with van der Waals surface area (Å²) in [5, 5.41) is 13.4. The highest BCUT2D eigenvalue weighted by Gasteiger charge is 2.23. The third kappa shape index (κ3) is 1.86. The number of aromatic carboxylic acids is 1. The number of carbonyl (C=O) groups is 1. The van der Waals surface area contributed by atoms with Crippen molar-refractivity contribution in [1.29, 1.82) is 0 Å². The first kappa shape index (κ1) is 11.5. The van der Waals surface area contributed by atoms with E-state index >= 15 is 0 Å². The van der Waals surface area contributed by atoms with Crippen molar-refractivity contribution in [3.8, 4) is 0 Å². The molecule has 0 unspecified atom stereocenters. The molecule has 0 amide bonds. The summed E-state index contributed by atoms with van der Waals surface area (Å²) in [6.07, 6.45) is 1.50. The van der Waals surface area contributed by atoms with E-state index in [-0.39, 0.29) is 11.1 Å². The Morgan fingerprint density at radius 3 is 2.59 bits per heavy atom. The Hall–Kier alpha value is -1.98. The zero-order valence-corrected chi connectivity index (χ0v) is 10.2. The Labute approximate surface area is 98.3 Å². The van der Waals surface area contributed by atoms with Crippen LogP contribution in [0.15, 0.2) is 6.20 Å². The number of carboxylic acid groups (broad SMARTS) is 1. The maximum atomic E-state index is 11.2. The Kier molecular flexibility index (Phi) is 2.38. The number of rotatable bonds is 1. The minimum absolute atomic E-state index is 0.109. The molecule has 2 aromatic rings. The van der Waals surface area contributed by atoms with Gasteiger partial charge in [0.2, 0.25) is 0 Å². The van der Waals surface area contributed by atoms with Gasteiger partial charge in [0.25, 0.3) is 5.78 Å². The molecule has 0 fully saturated rings. The molecule has 0 aliphatic heterocycles. The number of hydrogen-bond donors (Lipinski definition) is 1. The second kappa shape index (κ2) is 3.51. The lowest BCUT2D eigenvalue weighted by Gasteiger charge is -2.11. The molecule has 0 aromatic carbocycles. The highest BCUT2D eigenvalue weighted by Crippen LogP contribution is 2.19. The van der Waals surface area contributed by atoms with Crippen molar-refractivity contribution in [3.05, 3.63) is 23.3 Å². The number of aromatic nitrogens is 4. The van der Waals surface area contributed by atoms with Crippen LogP contribution in [0.4, 0.5) is 0 Å². The van der Waals surface area contributed by atoms with Crippen molar-refractivity contribution in [2.75, 3.05) is 0 Å². The molecule has 2 heterocycles. The Morgan fingerprint density at radius 1 is 1.41 bits per heavy atom. The fraction of sp³-hybridized carbons (Fsp3) is 0.455. The molecule has 0 saturated heterocycles. The Morgan fingerprint density at radius 2 is 2.06 bits per heavy atom. The summed E-state index contributed by atoms with van der Waals surface area (Å²) in [6.45, 7) is 7.59. The van der Waals surface area contributed by atoms with Crippen LogP contribution >= 0.6 is 0 Å². The fourth-order valence-electron chi connectivity index (χ4n) is 1.50. The number of hydrogen-bond acceptors (Lipinski definition) is 4. The van der Waals surface area contributed by atoms with Gasteiger partial charge in [-0.3, -0.25) is 0 Å². The molecule has 90 valence electrons. The molecule has 0 bridgehead atoms. The topological polar surface area (TPSA) is 80.4 Å². The van der Waals surface area contributed by atoms with Crippen LogP contribution in [0.1, 0.15) is 42.6 Å². The summed E-state index contributed by atoms with van der Waals surface area (Å²) in [5.41, 5.74) is 0.436. The average Bonchev–Trinajstić information content (AvgIpc) is 2.59. The molecule has 0 aliphatic carbocycles. The van der Waals surface area contributed by atoms with Crippen LogP contribution in [0.3, 0.4) is 0 Å². The van der Waals surface area contributed by atoms with Gasteiger partial charge >= 0.3 is 5.97 Å². The summed E-state index contributed by atoms with van der Waals surface area (Å²) < 4.78 is 1.29. The molecular weight excluding hydrogens is 220 g/mol. The van der Waals surface area contributed by atoms with Gasteiger partial charge < -0.3 is 5.11 Å². The Bertz CT molecular complexity index is 595. The summed E-state index contributed by atoms with van der Waals surface area (Å²) in [7, 11) is 0. The monoisotopic (exact) mass is 234 g/mol. The van der Waals surface area contributed by atoms with E-state index in [1.807, 2.05) is 20.8 Å². The van der Waals surface area contributed by atoms with Crippen LogP contribution in [0, 0.1) is 6.92 Å². The maximum absolute atomic E-state index is 11.2. The highest BCUT2D eigenvalue weighted by atomic mass is 16.4. The number of fused-ring (bicyclic) bond motifs is 1. The van der Waals surface area contributed by atoms with Crippen LogP contribution in [0.5, 0.6) is 0 Å². The molecule has 6 nitrogen and oxygen atoms in total. The van der Waals surface area contributed by atoms with Gasteiger partial charge in [-0.25, -0.2) is 9.78 Å². The lowest BCUT2D eigenvalue weighted by molar-refractivity contribution is 0.0686. The van der Waals surface area contributed by atoms with Crippen molar-refractivity contribution in [1.82, 2.24) is 19.6 Å². The largest absolute Gasteiger partial charge is 0.476 e. The van der Waals surface area contributed by atoms with Crippen molar-refractivity contribution in [3.63, 3.8) is 0 Å². The summed E-state index contributed by atoms with van der Waals surface area (Å²) >= 11 is 0. The molecule has 2 aromatic heterocycles. The SMILES string of the molecule is Cc1cnc2nc(C(C)(C)C)nn2c1C(=O)O. The zero-order chi connectivity index (χ0) is 12.8. The van der Waals surface area contributed by atoms with Gasteiger partial charge in [0.15, 0.2) is 11.5 Å². The summed E-state index contributed by atoms with van der Waals surface area (Å²) in [6, 6.07) is 0. The third-order valence-electron chi connectivity index (χ3n) is 2.42. The molecule has 2 rings (SSSR count). The summed E-state index contributed by atoms with van der Waals surface area (Å²) in [4.78, 5) is 19.5. The van der Waals surface area contributed by atoms with E-state index in [9.17, 15) is 4.79 Å². The van der Waals surface area contributed by atoms with E-state index in [0.29, 0.717) is 17.2 Å². The fourth-order valence-corrected chi connectivity index (χ4v) is 1.50. The lowest BCUT2D eigenvalue weighted by Crippen LogP contribution is -2.14. The van der Waals surface area contributed by atoms with Gasteiger partial charge in [-0.1, -0.05) is 20.8 Å². The maximum Gasteiger partial charge on any atom is 0.355 e. The lowest BCUT2D eigenvalue weighted by atomic mass is 9.96. The van der Waals surface area contributed by atoms with Crippen LogP contribution in [0.2, 0.25) is 0 Å². The smallest absolute Gasteiger partial charge is 0.355 e. The molecule has 6 heteroatoms. The predicted molar refractivity (Wildman–Crippen MR) is 61.2 cm³/mol. The van der Waals surface area contributed by atoms with Crippen LogP contribution in [0.25, 0.3) is 5.78 Å². The van der Waals surface area contributed by atoms with Crippen molar-refractivity contribution >= 4 is 11.7 Å². The third-order valence-corrected chi connectivity index (χ3v) is 2.42. The van der Waals surface area contributed by atoms with E-state index in [4.69, 9.17) is 5.11 Å². The standard InChI is InChI=1S/C11H14N4O2/c1-6-5-12-10-13-9(11(2,3)4)14-15(10)7(6)8(16)17/h5H,1-4H3,(H,16,17). The van der Waals surface area contributed by atoms with Crippen molar-refractivity contribution < 1.29 is 9.90 Å². The first-order chi connectivity index (χ1) is 7.80. The predicted octanol–water partition coefficient (Wildman–Crippen LogP) is 1.43. The van der Waals surface area contributed by atoms with Crippen LogP contribution in [-0.2, 0) is 5.41 Å². The van der Waals surface area contributed by atoms with Gasteiger partial charge in [-0.15, -0.1) is 5.10 Å². The average molecular weight is 234 g/mol. The first-order valence-corrected chi connectivity index (χ1v) is 5.27. The Balaban J connectivity index is 2.78. The van der Waals surface area contributed by atoms with Crippen LogP contribution in [-0.4, -0.2) is 30.7 Å². The van der Waals surface area contributed by atoms with Gasteiger partial charge in [-0.2, -0.15) is 9.50 Å². The quantitative estimate of drug-likeness (QED) is 0.807. The molecule has 17 heavy (non-hydrogen) atoms. The van der Waals surface area contributed by atoms with Crippen molar-refractivity contribution in [2.24, 2.45) is 0 Å². The zero-order valence-electron chi connectivity index (χ0n) is 10.2. The second-order valence-electron chi connectivity index (χ2n) is 4.99. The summed E-state index contributed by atoms with van der Waals surface area (Å²) in [5.74, 6) is -0.128. The molecule has 0 spiro atoms. The van der Waals surface area contributed by atoms with Gasteiger partial charge in [0.05, 0.1) is 0 Å². The van der Waals surface area contributed by atoms with Crippen molar-refractivity contribution in [2.45, 2.75) is 33.1 Å². The minimum Gasteiger partial charge on any atom is -0.476 e. The van der Waals surface area contributed by atoms with E-state index in [1.165, 1.54) is 10.7 Å². The van der Waals surface area contributed by atoms with E-state index in [0.717, 1.165) is 0 Å². The van der Waals surface area contributed by atoms with Gasteiger partial charge in [-0.05, 0) is 6.92 Å². The molecule has 0 aliphatic rings. The van der Waals surface area contributed by atoms with E-state index in [1.54, 1.807) is 6.92 Å². The molecule has 0 saturated carbocycles. The van der Waals surface area contributed by atoms with Gasteiger partial charge in [0.1, 0.15) is 0 Å². The minimum atomic E-state index is -1.03. The number of carboxylic acids is 1. The number of nitrogens with zero attached hydrogens (tertiary/aromatic N) is 4. The molecule has 0 atom stereocenters. The normalized spacial score (nSPS) is 12.0. The van der Waals surface area contributed by atoms with Gasteiger partial charge in [0, 0.05) is 17.2 Å². The highest BCUT2D eigenvalue weighted by molar-refractivity contribution is 5.87. The first-order valence-electron chi connectivity index (χ1n) is 5.27. The second-order valence-corrected chi connectivity index (χ2v) is 4.99. The van der Waals surface area contributed by atoms with Crippen LogP contribution < -0.4 is 0 Å². The van der Waals surface area contributed by atoms with E-state index in [2.05, 4.69) is 15.1 Å².